The van der Waals surface area contributed by atoms with Crippen molar-refractivity contribution in [2.75, 3.05) is 6.61 Å². The van der Waals surface area contributed by atoms with E-state index in [0.717, 1.165) is 38.5 Å². The molecule has 32 heavy (non-hydrogen) atoms. The first-order valence-electron chi connectivity index (χ1n) is 10.7. The fourth-order valence-electron chi connectivity index (χ4n) is 4.00. The molecule has 1 aliphatic rings. The van der Waals surface area contributed by atoms with E-state index in [9.17, 15) is 31.1 Å². The standard InChI is InChI=1S/C22H29F6NO2.ClH/c1-3-5-6-7-8-9-10-18-14-31-20(30)29(18)19(4-2)15-11-16(21(23,24)25)13-17(12-15)22(26,27)28;/h11-13,18-19H,3-10,14H2,1-2H3;1H. The summed E-state index contributed by atoms with van der Waals surface area (Å²) in [5.41, 5.74) is -2.94. The fraction of sp³-hybridized carbons (Fsp3) is 0.682. The number of unbranched alkanes of at least 4 members (excludes halogenated alkanes) is 5. The van der Waals surface area contributed by atoms with Gasteiger partial charge in [0.2, 0.25) is 0 Å². The highest BCUT2D eigenvalue weighted by molar-refractivity contribution is 5.85. The molecule has 1 aromatic carbocycles. The molecule has 1 amide bonds. The van der Waals surface area contributed by atoms with Crippen molar-refractivity contribution in [1.82, 2.24) is 4.90 Å². The van der Waals surface area contributed by atoms with Gasteiger partial charge in [-0.2, -0.15) is 26.3 Å². The normalized spacial score (nSPS) is 17.8. The molecular formula is C22H30ClF6NO2. The number of rotatable bonds is 10. The van der Waals surface area contributed by atoms with Gasteiger partial charge in [-0.25, -0.2) is 4.79 Å². The number of nitrogens with zero attached hydrogens (tertiary/aromatic N) is 1. The van der Waals surface area contributed by atoms with E-state index in [0.29, 0.717) is 18.6 Å². The fourth-order valence-corrected chi connectivity index (χ4v) is 4.00. The predicted molar refractivity (Wildman–Crippen MR) is 112 cm³/mol. The number of hydrogen-bond acceptors (Lipinski definition) is 2. The summed E-state index contributed by atoms with van der Waals surface area (Å²) in [5, 5.41) is 0. The van der Waals surface area contributed by atoms with Gasteiger partial charge in [0.15, 0.2) is 0 Å². The topological polar surface area (TPSA) is 29.5 Å². The van der Waals surface area contributed by atoms with Crippen LogP contribution in [0.1, 0.15) is 87.9 Å². The molecule has 1 fully saturated rings. The Labute approximate surface area is 190 Å². The van der Waals surface area contributed by atoms with Crippen LogP contribution in [0.15, 0.2) is 18.2 Å². The molecule has 0 aliphatic carbocycles. The molecule has 0 spiro atoms. The van der Waals surface area contributed by atoms with Gasteiger partial charge >= 0.3 is 18.4 Å². The van der Waals surface area contributed by atoms with Gasteiger partial charge in [0.1, 0.15) is 6.61 Å². The summed E-state index contributed by atoms with van der Waals surface area (Å²) in [6, 6.07) is 0.218. The minimum atomic E-state index is -4.93. The zero-order chi connectivity index (χ0) is 23.2. The average molecular weight is 490 g/mol. The number of hydrogen-bond donors (Lipinski definition) is 0. The molecule has 2 unspecified atom stereocenters. The van der Waals surface area contributed by atoms with E-state index in [1.54, 1.807) is 6.92 Å². The molecule has 0 radical (unpaired) electrons. The van der Waals surface area contributed by atoms with Crippen molar-refractivity contribution in [2.45, 2.75) is 89.7 Å². The van der Waals surface area contributed by atoms with Crippen molar-refractivity contribution in [3.8, 4) is 0 Å². The first-order valence-corrected chi connectivity index (χ1v) is 10.7. The van der Waals surface area contributed by atoms with Crippen LogP contribution >= 0.6 is 12.4 Å². The highest BCUT2D eigenvalue weighted by Crippen LogP contribution is 2.40. The van der Waals surface area contributed by atoms with Crippen LogP contribution in [0.5, 0.6) is 0 Å². The minimum Gasteiger partial charge on any atom is -0.447 e. The zero-order valence-corrected chi connectivity index (χ0v) is 19.0. The van der Waals surface area contributed by atoms with Gasteiger partial charge in [-0.1, -0.05) is 52.4 Å². The molecule has 184 valence electrons. The number of halogens is 7. The number of carbonyl (C=O) groups is 1. The highest BCUT2D eigenvalue weighted by atomic mass is 35.5. The maximum atomic E-state index is 13.3. The number of ether oxygens (including phenoxy) is 1. The third-order valence-corrected chi connectivity index (χ3v) is 5.61. The second kappa shape index (κ2) is 12.0. The van der Waals surface area contributed by atoms with E-state index in [4.69, 9.17) is 4.74 Å². The Morgan fingerprint density at radius 3 is 1.97 bits per heavy atom. The van der Waals surface area contributed by atoms with Gasteiger partial charge in [-0.15, -0.1) is 12.4 Å². The lowest BCUT2D eigenvalue weighted by molar-refractivity contribution is -0.143. The van der Waals surface area contributed by atoms with Crippen molar-refractivity contribution in [1.29, 1.82) is 0 Å². The molecule has 3 nitrogen and oxygen atoms in total. The van der Waals surface area contributed by atoms with E-state index in [-0.39, 0.29) is 43.1 Å². The number of alkyl halides is 6. The second-order valence-electron chi connectivity index (χ2n) is 7.96. The highest BCUT2D eigenvalue weighted by Gasteiger charge is 2.41. The van der Waals surface area contributed by atoms with E-state index >= 15 is 0 Å². The van der Waals surface area contributed by atoms with Crippen molar-refractivity contribution >= 4 is 18.5 Å². The summed E-state index contributed by atoms with van der Waals surface area (Å²) in [5.74, 6) is 0. The summed E-state index contributed by atoms with van der Waals surface area (Å²) in [6.07, 6.45) is -3.60. The van der Waals surface area contributed by atoms with E-state index in [1.807, 2.05) is 0 Å². The Balaban J connectivity index is 0.00000512. The lowest BCUT2D eigenvalue weighted by atomic mass is 9.95. The molecule has 0 saturated carbocycles. The van der Waals surface area contributed by atoms with Crippen LogP contribution in [0.3, 0.4) is 0 Å². The van der Waals surface area contributed by atoms with Crippen LogP contribution in [0, 0.1) is 0 Å². The van der Waals surface area contributed by atoms with Crippen LogP contribution in [0.25, 0.3) is 0 Å². The zero-order valence-electron chi connectivity index (χ0n) is 18.2. The summed E-state index contributed by atoms with van der Waals surface area (Å²) in [6.45, 7) is 3.84. The Morgan fingerprint density at radius 1 is 0.938 bits per heavy atom. The molecular weight excluding hydrogens is 460 g/mol. The van der Waals surface area contributed by atoms with Crippen molar-refractivity contribution < 1.29 is 35.9 Å². The van der Waals surface area contributed by atoms with Gasteiger partial charge in [0.05, 0.1) is 23.2 Å². The number of benzene rings is 1. The summed E-state index contributed by atoms with van der Waals surface area (Å²) >= 11 is 0. The van der Waals surface area contributed by atoms with Crippen LogP contribution in [0.2, 0.25) is 0 Å². The number of amides is 1. The maximum Gasteiger partial charge on any atom is 0.416 e. The Morgan fingerprint density at radius 2 is 1.47 bits per heavy atom. The average Bonchev–Trinajstić information content (AvgIpc) is 3.04. The lowest BCUT2D eigenvalue weighted by Crippen LogP contribution is -2.37. The predicted octanol–water partition coefficient (Wildman–Crippen LogP) is 8.17. The first-order chi connectivity index (χ1) is 14.5. The van der Waals surface area contributed by atoms with Crippen molar-refractivity contribution in [3.05, 3.63) is 34.9 Å². The van der Waals surface area contributed by atoms with E-state index < -0.39 is 35.6 Å². The van der Waals surface area contributed by atoms with Gasteiger partial charge in [-0.05, 0) is 36.6 Å². The summed E-state index contributed by atoms with van der Waals surface area (Å²) < 4.78 is 84.6. The van der Waals surface area contributed by atoms with Crippen LogP contribution in [-0.4, -0.2) is 23.6 Å². The van der Waals surface area contributed by atoms with Crippen molar-refractivity contribution in [3.63, 3.8) is 0 Å². The summed E-state index contributed by atoms with van der Waals surface area (Å²) in [7, 11) is 0. The lowest BCUT2D eigenvalue weighted by Gasteiger charge is -2.31. The third-order valence-electron chi connectivity index (χ3n) is 5.61. The third kappa shape index (κ3) is 7.46. The first kappa shape index (κ1) is 28.4. The second-order valence-corrected chi connectivity index (χ2v) is 7.96. The quantitative estimate of drug-likeness (QED) is 0.245. The van der Waals surface area contributed by atoms with Crippen LogP contribution in [-0.2, 0) is 17.1 Å². The molecule has 1 aromatic rings. The van der Waals surface area contributed by atoms with Gasteiger partial charge in [0.25, 0.3) is 0 Å². The molecule has 2 rings (SSSR count). The van der Waals surface area contributed by atoms with Gasteiger partial charge in [-0.3, -0.25) is 4.90 Å². The SMILES string of the molecule is CCCCCCCCC1COC(=O)N1C(CC)c1cc(C(F)(F)F)cc(C(F)(F)F)c1.Cl. The van der Waals surface area contributed by atoms with Crippen LogP contribution < -0.4 is 0 Å². The Hall–Kier alpha value is -1.64. The van der Waals surface area contributed by atoms with E-state index in [2.05, 4.69) is 6.92 Å². The Bertz CT molecular complexity index is 706. The Kier molecular flexibility index (Phi) is 10.6. The molecule has 1 heterocycles. The molecule has 10 heteroatoms. The number of cyclic esters (lactones) is 1. The van der Waals surface area contributed by atoms with Crippen molar-refractivity contribution in [2.24, 2.45) is 0 Å². The monoisotopic (exact) mass is 489 g/mol. The molecule has 0 N–H and O–H groups in total. The molecule has 2 atom stereocenters. The largest absolute Gasteiger partial charge is 0.447 e. The van der Waals surface area contributed by atoms with E-state index in [1.165, 1.54) is 4.90 Å². The minimum absolute atomic E-state index is 0. The van der Waals surface area contributed by atoms with Crippen LogP contribution in [0.4, 0.5) is 31.1 Å². The molecule has 1 saturated heterocycles. The van der Waals surface area contributed by atoms with Gasteiger partial charge in [0, 0.05) is 0 Å². The van der Waals surface area contributed by atoms with Gasteiger partial charge < -0.3 is 4.74 Å². The smallest absolute Gasteiger partial charge is 0.416 e. The summed E-state index contributed by atoms with van der Waals surface area (Å²) in [4.78, 5) is 13.7. The number of carbonyl (C=O) groups excluding carboxylic acids is 1. The molecule has 0 bridgehead atoms. The molecule has 1 aliphatic heterocycles. The molecule has 0 aromatic heterocycles. The maximum absolute atomic E-state index is 13.3.